The Morgan fingerprint density at radius 1 is 1.56 bits per heavy atom. The van der Waals surface area contributed by atoms with Crippen LogP contribution in [0.5, 0.6) is 0 Å². The van der Waals surface area contributed by atoms with Gasteiger partial charge in [0.15, 0.2) is 0 Å². The summed E-state index contributed by atoms with van der Waals surface area (Å²) in [6, 6.07) is 5.56. The van der Waals surface area contributed by atoms with E-state index in [0.29, 0.717) is 11.4 Å². The maximum Gasteiger partial charge on any atom is 0.138 e. The quantitative estimate of drug-likeness (QED) is 0.664. The van der Waals surface area contributed by atoms with Gasteiger partial charge in [-0.3, -0.25) is 16.0 Å². The molecule has 2 aromatic rings. The number of hydrogen-bond acceptors (Lipinski definition) is 4. The van der Waals surface area contributed by atoms with E-state index in [1.54, 1.807) is 4.68 Å². The Hall–Kier alpha value is -0.950. The summed E-state index contributed by atoms with van der Waals surface area (Å²) in [5, 5.41) is 4.70. The number of nitrogens with one attached hydrogen (secondary N) is 1. The fraction of sp³-hybridized carbons (Fsp3) is 0.273. The van der Waals surface area contributed by atoms with Gasteiger partial charge in [-0.2, -0.15) is 5.10 Å². The highest BCUT2D eigenvalue weighted by Crippen LogP contribution is 2.27. The Kier molecular flexibility index (Phi) is 4.34. The van der Waals surface area contributed by atoms with Crippen LogP contribution in [0, 0.1) is 0 Å². The summed E-state index contributed by atoms with van der Waals surface area (Å²) >= 11 is 9.62. The van der Waals surface area contributed by atoms with Crippen LogP contribution in [0.4, 0.5) is 0 Å². The zero-order chi connectivity index (χ0) is 13.1. The van der Waals surface area contributed by atoms with E-state index in [0.717, 1.165) is 15.9 Å². The van der Waals surface area contributed by atoms with Crippen molar-refractivity contribution in [3.05, 3.63) is 45.4 Å². The lowest BCUT2D eigenvalue weighted by Gasteiger charge is -2.17. The highest BCUT2D eigenvalue weighted by atomic mass is 79.9. The summed E-state index contributed by atoms with van der Waals surface area (Å²) < 4.78 is 2.68. The average molecular weight is 331 g/mol. The molecule has 0 bridgehead atoms. The second kappa shape index (κ2) is 5.79. The fourth-order valence-electron chi connectivity index (χ4n) is 1.73. The molecular formula is C11H13BrClN5. The predicted molar refractivity (Wildman–Crippen MR) is 73.9 cm³/mol. The van der Waals surface area contributed by atoms with Crippen LogP contribution in [0.2, 0.25) is 5.02 Å². The molecule has 5 nitrogen and oxygen atoms in total. The van der Waals surface area contributed by atoms with E-state index < -0.39 is 0 Å². The SMILES string of the molecule is Cn1ncnc1CC(NN)c1cc(Br)ccc1Cl. The third-order valence-electron chi connectivity index (χ3n) is 2.73. The highest BCUT2D eigenvalue weighted by molar-refractivity contribution is 9.10. The molecule has 0 aliphatic heterocycles. The van der Waals surface area contributed by atoms with Gasteiger partial charge in [0, 0.05) is 23.0 Å². The Labute approximate surface area is 118 Å². The number of nitrogens with two attached hydrogens (primary N) is 1. The van der Waals surface area contributed by atoms with Crippen molar-refractivity contribution in [2.75, 3.05) is 0 Å². The maximum absolute atomic E-state index is 6.19. The van der Waals surface area contributed by atoms with Gasteiger partial charge in [0.1, 0.15) is 12.2 Å². The second-order valence-electron chi connectivity index (χ2n) is 3.89. The van der Waals surface area contributed by atoms with Crippen molar-refractivity contribution in [2.24, 2.45) is 12.9 Å². The number of aromatic nitrogens is 3. The molecular weight excluding hydrogens is 318 g/mol. The highest BCUT2D eigenvalue weighted by Gasteiger charge is 2.16. The lowest BCUT2D eigenvalue weighted by Crippen LogP contribution is -2.30. The maximum atomic E-state index is 6.19. The number of hydrazine groups is 1. The lowest BCUT2D eigenvalue weighted by molar-refractivity contribution is 0.523. The molecule has 0 spiro atoms. The standard InChI is InChI=1S/C11H13BrClN5/c1-18-11(15-6-16-18)5-10(17-14)8-4-7(12)2-3-9(8)13/h2-4,6,10,17H,5,14H2,1H3. The van der Waals surface area contributed by atoms with Crippen molar-refractivity contribution in [3.63, 3.8) is 0 Å². The summed E-state index contributed by atoms with van der Waals surface area (Å²) in [5.41, 5.74) is 3.69. The van der Waals surface area contributed by atoms with Gasteiger partial charge in [0.2, 0.25) is 0 Å². The van der Waals surface area contributed by atoms with Crippen LogP contribution in [0.1, 0.15) is 17.4 Å². The molecule has 0 saturated heterocycles. The van der Waals surface area contributed by atoms with Crippen LogP contribution in [-0.4, -0.2) is 14.8 Å². The van der Waals surface area contributed by atoms with Crippen LogP contribution in [0.3, 0.4) is 0 Å². The number of rotatable bonds is 4. The minimum absolute atomic E-state index is 0.113. The van der Waals surface area contributed by atoms with Crippen LogP contribution >= 0.6 is 27.5 Å². The van der Waals surface area contributed by atoms with E-state index in [1.165, 1.54) is 6.33 Å². The molecule has 1 aromatic carbocycles. The lowest BCUT2D eigenvalue weighted by atomic mass is 10.0. The molecule has 2 rings (SSSR count). The van der Waals surface area contributed by atoms with Gasteiger partial charge in [-0.15, -0.1) is 0 Å². The first-order chi connectivity index (χ1) is 8.61. The topological polar surface area (TPSA) is 68.8 Å². The number of nitrogens with zero attached hydrogens (tertiary/aromatic N) is 3. The fourth-order valence-corrected chi connectivity index (χ4v) is 2.36. The van der Waals surface area contributed by atoms with Crippen molar-refractivity contribution in [1.29, 1.82) is 0 Å². The van der Waals surface area contributed by atoms with E-state index in [2.05, 4.69) is 31.4 Å². The molecule has 1 atom stereocenters. The van der Waals surface area contributed by atoms with Gasteiger partial charge < -0.3 is 0 Å². The molecule has 1 unspecified atom stereocenters. The Morgan fingerprint density at radius 3 is 2.94 bits per heavy atom. The average Bonchev–Trinajstić information content (AvgIpc) is 2.75. The van der Waals surface area contributed by atoms with Crippen molar-refractivity contribution in [2.45, 2.75) is 12.5 Å². The van der Waals surface area contributed by atoms with Crippen LogP contribution in [0.15, 0.2) is 29.0 Å². The molecule has 0 aliphatic carbocycles. The number of hydrogen-bond donors (Lipinski definition) is 2. The Bertz CT molecular complexity index is 542. The van der Waals surface area contributed by atoms with Gasteiger partial charge in [-0.1, -0.05) is 27.5 Å². The van der Waals surface area contributed by atoms with Crippen molar-refractivity contribution in [3.8, 4) is 0 Å². The van der Waals surface area contributed by atoms with Gasteiger partial charge in [-0.25, -0.2) is 4.98 Å². The first-order valence-electron chi connectivity index (χ1n) is 5.35. The first-order valence-corrected chi connectivity index (χ1v) is 6.53. The second-order valence-corrected chi connectivity index (χ2v) is 5.21. The van der Waals surface area contributed by atoms with Gasteiger partial charge in [0.25, 0.3) is 0 Å². The molecule has 3 N–H and O–H groups in total. The van der Waals surface area contributed by atoms with Crippen molar-refractivity contribution in [1.82, 2.24) is 20.2 Å². The van der Waals surface area contributed by atoms with Crippen molar-refractivity contribution >= 4 is 27.5 Å². The largest absolute Gasteiger partial charge is 0.271 e. The van der Waals surface area contributed by atoms with E-state index in [1.807, 2.05) is 25.2 Å². The third kappa shape index (κ3) is 2.89. The first kappa shape index (κ1) is 13.5. The minimum atomic E-state index is -0.113. The molecule has 0 saturated carbocycles. The van der Waals surface area contributed by atoms with Gasteiger partial charge >= 0.3 is 0 Å². The normalized spacial score (nSPS) is 12.7. The summed E-state index contributed by atoms with van der Waals surface area (Å²) in [7, 11) is 1.85. The Balaban J connectivity index is 2.28. The Morgan fingerprint density at radius 2 is 2.33 bits per heavy atom. The van der Waals surface area contributed by atoms with Crippen LogP contribution in [0.25, 0.3) is 0 Å². The smallest absolute Gasteiger partial charge is 0.138 e. The zero-order valence-electron chi connectivity index (χ0n) is 9.77. The van der Waals surface area contributed by atoms with Crippen LogP contribution in [-0.2, 0) is 13.5 Å². The predicted octanol–water partition coefficient (Wildman–Crippen LogP) is 1.98. The molecule has 1 aromatic heterocycles. The van der Waals surface area contributed by atoms with Crippen molar-refractivity contribution < 1.29 is 0 Å². The third-order valence-corrected chi connectivity index (χ3v) is 3.56. The molecule has 1 heterocycles. The molecule has 18 heavy (non-hydrogen) atoms. The minimum Gasteiger partial charge on any atom is -0.271 e. The van der Waals surface area contributed by atoms with E-state index >= 15 is 0 Å². The monoisotopic (exact) mass is 329 g/mol. The summed E-state index contributed by atoms with van der Waals surface area (Å²) in [4.78, 5) is 4.18. The van der Waals surface area contributed by atoms with Gasteiger partial charge in [0.05, 0.1) is 6.04 Å². The molecule has 0 fully saturated rings. The summed E-state index contributed by atoms with van der Waals surface area (Å²) in [6.45, 7) is 0. The molecule has 96 valence electrons. The molecule has 0 amide bonds. The molecule has 0 aliphatic rings. The molecule has 0 radical (unpaired) electrons. The zero-order valence-corrected chi connectivity index (χ0v) is 12.1. The number of aryl methyl sites for hydroxylation is 1. The summed E-state index contributed by atoms with van der Waals surface area (Å²) in [6.07, 6.45) is 2.13. The van der Waals surface area contributed by atoms with E-state index in [-0.39, 0.29) is 6.04 Å². The number of benzene rings is 1. The number of halogens is 2. The summed E-state index contributed by atoms with van der Waals surface area (Å²) in [5.74, 6) is 6.45. The molecule has 7 heteroatoms. The van der Waals surface area contributed by atoms with E-state index in [4.69, 9.17) is 17.4 Å². The van der Waals surface area contributed by atoms with Crippen LogP contribution < -0.4 is 11.3 Å². The van der Waals surface area contributed by atoms with E-state index in [9.17, 15) is 0 Å². The van der Waals surface area contributed by atoms with Gasteiger partial charge in [-0.05, 0) is 23.8 Å².